The third kappa shape index (κ3) is 2.50. The molecule has 0 saturated carbocycles. The zero-order valence-electron chi connectivity index (χ0n) is 12.1. The number of carbonyl (C=O) groups is 2. The Kier molecular flexibility index (Phi) is 3.98. The molecule has 0 radical (unpaired) electrons. The summed E-state index contributed by atoms with van der Waals surface area (Å²) in [5.74, 6) is -4.46. The minimum atomic E-state index is -1.07. The van der Waals surface area contributed by atoms with E-state index in [1.807, 2.05) is 0 Å². The maximum absolute atomic E-state index is 14.2. The molecule has 3 atom stereocenters. The van der Waals surface area contributed by atoms with Crippen LogP contribution in [0.5, 0.6) is 0 Å². The molecule has 1 N–H and O–H groups in total. The van der Waals surface area contributed by atoms with Gasteiger partial charge in [0.1, 0.15) is 11.5 Å². The molecule has 1 aromatic rings. The summed E-state index contributed by atoms with van der Waals surface area (Å²) in [6.07, 6.45) is -0.0475. The van der Waals surface area contributed by atoms with Gasteiger partial charge in [0.25, 0.3) is 0 Å². The summed E-state index contributed by atoms with van der Waals surface area (Å²) in [7, 11) is 0. The van der Waals surface area contributed by atoms with Crippen LogP contribution in [0.4, 0.5) is 14.5 Å². The Morgan fingerprint density at radius 2 is 1.95 bits per heavy atom. The second kappa shape index (κ2) is 5.42. The van der Waals surface area contributed by atoms with Crippen molar-refractivity contribution >= 4 is 17.6 Å². The van der Waals surface area contributed by atoms with Crippen LogP contribution in [0, 0.1) is 30.4 Å². The van der Waals surface area contributed by atoms with E-state index in [1.165, 1.54) is 19.9 Å². The van der Waals surface area contributed by atoms with Crippen molar-refractivity contribution in [3.8, 4) is 0 Å². The molecule has 0 aromatic heterocycles. The zero-order chi connectivity index (χ0) is 15.9. The average Bonchev–Trinajstić information content (AvgIpc) is 2.37. The molecule has 4 nitrogen and oxygen atoms in total. The number of carboxylic acids is 1. The zero-order valence-corrected chi connectivity index (χ0v) is 12.1. The number of rotatable bonds is 2. The summed E-state index contributed by atoms with van der Waals surface area (Å²) in [6.45, 7) is 4.63. The molecule has 1 aromatic carbocycles. The molecule has 1 saturated heterocycles. The number of aryl methyl sites for hydroxylation is 1. The molecule has 1 heterocycles. The average molecular weight is 297 g/mol. The monoisotopic (exact) mass is 297 g/mol. The van der Waals surface area contributed by atoms with Gasteiger partial charge in [0.15, 0.2) is 5.82 Å². The lowest BCUT2D eigenvalue weighted by Crippen LogP contribution is -2.53. The van der Waals surface area contributed by atoms with Gasteiger partial charge in [-0.05, 0) is 31.4 Å². The predicted molar refractivity (Wildman–Crippen MR) is 72.9 cm³/mol. The van der Waals surface area contributed by atoms with E-state index in [-0.39, 0.29) is 17.9 Å². The highest BCUT2D eigenvalue weighted by atomic mass is 19.1. The summed E-state index contributed by atoms with van der Waals surface area (Å²) >= 11 is 0. The van der Waals surface area contributed by atoms with Crippen molar-refractivity contribution < 1.29 is 23.5 Å². The Balaban J connectivity index is 2.54. The maximum atomic E-state index is 14.2. The molecule has 0 spiro atoms. The Bertz CT molecular complexity index is 603. The number of carboxylic acid groups (broad SMARTS) is 1. The van der Waals surface area contributed by atoms with Gasteiger partial charge < -0.3 is 10.0 Å². The van der Waals surface area contributed by atoms with E-state index in [4.69, 9.17) is 0 Å². The van der Waals surface area contributed by atoms with E-state index in [0.717, 1.165) is 11.0 Å². The number of halogens is 2. The molecule has 114 valence electrons. The molecule has 6 heteroatoms. The number of hydrogen-bond acceptors (Lipinski definition) is 2. The van der Waals surface area contributed by atoms with Gasteiger partial charge in [0.05, 0.1) is 5.92 Å². The fourth-order valence-electron chi connectivity index (χ4n) is 3.00. The molecule has 0 aliphatic carbocycles. The lowest BCUT2D eigenvalue weighted by Gasteiger charge is -2.40. The number of benzene rings is 1. The van der Waals surface area contributed by atoms with Crippen molar-refractivity contribution in [3.05, 3.63) is 29.3 Å². The number of piperidine rings is 1. The molecule has 0 bridgehead atoms. The Labute approximate surface area is 121 Å². The second-order valence-electron chi connectivity index (χ2n) is 5.58. The van der Waals surface area contributed by atoms with Gasteiger partial charge in [-0.3, -0.25) is 9.59 Å². The van der Waals surface area contributed by atoms with Crippen LogP contribution in [0.1, 0.15) is 25.8 Å². The van der Waals surface area contributed by atoms with Crippen molar-refractivity contribution in [1.82, 2.24) is 0 Å². The topological polar surface area (TPSA) is 57.6 Å². The lowest BCUT2D eigenvalue weighted by atomic mass is 9.80. The minimum Gasteiger partial charge on any atom is -0.481 e. The van der Waals surface area contributed by atoms with E-state index in [2.05, 4.69) is 0 Å². The van der Waals surface area contributed by atoms with Gasteiger partial charge in [-0.15, -0.1) is 0 Å². The quantitative estimate of drug-likeness (QED) is 0.913. The standard InChI is InChI=1S/C15H17F2NO3/c1-7-4-5-10(16)14(13(7)17)18-9(3)12(15(20)21)8(2)6-11(18)19/h4-5,8-9,12H,6H2,1-3H3,(H,20,21). The van der Waals surface area contributed by atoms with Gasteiger partial charge in [0, 0.05) is 12.5 Å². The third-order valence-electron chi connectivity index (χ3n) is 4.09. The highest BCUT2D eigenvalue weighted by Gasteiger charge is 2.44. The normalized spacial score (nSPS) is 26.0. The predicted octanol–water partition coefficient (Wildman–Crippen LogP) is 2.74. The highest BCUT2D eigenvalue weighted by molar-refractivity contribution is 5.97. The van der Waals surface area contributed by atoms with Crippen LogP contribution in [0.25, 0.3) is 0 Å². The first kappa shape index (κ1) is 15.4. The highest BCUT2D eigenvalue weighted by Crippen LogP contribution is 2.36. The molecular weight excluding hydrogens is 280 g/mol. The van der Waals surface area contributed by atoms with Crippen LogP contribution < -0.4 is 4.90 Å². The number of amides is 1. The van der Waals surface area contributed by atoms with Gasteiger partial charge >= 0.3 is 5.97 Å². The SMILES string of the molecule is Cc1ccc(F)c(N2C(=O)CC(C)C(C(=O)O)C2C)c1F. The maximum Gasteiger partial charge on any atom is 0.308 e. The van der Waals surface area contributed by atoms with Gasteiger partial charge in [-0.2, -0.15) is 0 Å². The Hall–Kier alpha value is -1.98. The van der Waals surface area contributed by atoms with Crippen LogP contribution in [0.3, 0.4) is 0 Å². The Morgan fingerprint density at radius 3 is 2.52 bits per heavy atom. The fraction of sp³-hybridized carbons (Fsp3) is 0.467. The lowest BCUT2D eigenvalue weighted by molar-refractivity contribution is -0.146. The second-order valence-corrected chi connectivity index (χ2v) is 5.58. The number of hydrogen-bond donors (Lipinski definition) is 1. The minimum absolute atomic E-state index is 0.0475. The first-order chi connectivity index (χ1) is 9.75. The van der Waals surface area contributed by atoms with Crippen LogP contribution in [-0.2, 0) is 9.59 Å². The first-order valence-electron chi connectivity index (χ1n) is 6.75. The van der Waals surface area contributed by atoms with Crippen molar-refractivity contribution in [2.24, 2.45) is 11.8 Å². The van der Waals surface area contributed by atoms with Gasteiger partial charge in [0.2, 0.25) is 5.91 Å². The van der Waals surface area contributed by atoms with Crippen LogP contribution in [0.15, 0.2) is 12.1 Å². The largest absolute Gasteiger partial charge is 0.481 e. The number of anilines is 1. The molecule has 1 amide bonds. The summed E-state index contributed by atoms with van der Waals surface area (Å²) in [5, 5.41) is 9.30. The number of aliphatic carboxylic acids is 1. The molecule has 1 aliphatic rings. The van der Waals surface area contributed by atoms with Crippen molar-refractivity contribution in [2.75, 3.05) is 4.90 Å². The smallest absolute Gasteiger partial charge is 0.308 e. The number of nitrogens with zero attached hydrogens (tertiary/aromatic N) is 1. The van der Waals surface area contributed by atoms with Crippen molar-refractivity contribution in [1.29, 1.82) is 0 Å². The van der Waals surface area contributed by atoms with Crippen molar-refractivity contribution in [2.45, 2.75) is 33.2 Å². The first-order valence-corrected chi connectivity index (χ1v) is 6.75. The van der Waals surface area contributed by atoms with Gasteiger partial charge in [-0.25, -0.2) is 8.78 Å². The van der Waals surface area contributed by atoms with E-state index < -0.39 is 41.2 Å². The van der Waals surface area contributed by atoms with Crippen LogP contribution >= 0.6 is 0 Å². The molecule has 3 unspecified atom stereocenters. The summed E-state index contributed by atoms with van der Waals surface area (Å²) in [6, 6.07) is 1.55. The van der Waals surface area contributed by atoms with E-state index >= 15 is 0 Å². The third-order valence-corrected chi connectivity index (χ3v) is 4.09. The summed E-state index contributed by atoms with van der Waals surface area (Å²) < 4.78 is 28.2. The van der Waals surface area contributed by atoms with E-state index in [0.29, 0.717) is 0 Å². The van der Waals surface area contributed by atoms with E-state index in [9.17, 15) is 23.5 Å². The van der Waals surface area contributed by atoms with E-state index in [1.54, 1.807) is 6.92 Å². The summed E-state index contributed by atoms with van der Waals surface area (Å²) in [4.78, 5) is 24.5. The molecular formula is C15H17F2NO3. The fourth-order valence-corrected chi connectivity index (χ4v) is 3.00. The van der Waals surface area contributed by atoms with Crippen LogP contribution in [0.2, 0.25) is 0 Å². The Morgan fingerprint density at radius 1 is 1.33 bits per heavy atom. The van der Waals surface area contributed by atoms with Crippen LogP contribution in [-0.4, -0.2) is 23.0 Å². The molecule has 2 rings (SSSR count). The van der Waals surface area contributed by atoms with Gasteiger partial charge in [-0.1, -0.05) is 13.0 Å². The molecule has 1 aliphatic heterocycles. The summed E-state index contributed by atoms with van der Waals surface area (Å²) in [5.41, 5.74) is -0.248. The van der Waals surface area contributed by atoms with Crippen molar-refractivity contribution in [3.63, 3.8) is 0 Å². The molecule has 1 fully saturated rings. The number of carbonyl (C=O) groups excluding carboxylic acids is 1. The molecule has 21 heavy (non-hydrogen) atoms.